The van der Waals surface area contributed by atoms with Gasteiger partial charge in [-0.25, -0.2) is 4.79 Å². The van der Waals surface area contributed by atoms with E-state index in [1.165, 1.54) is 38.5 Å². The van der Waals surface area contributed by atoms with E-state index in [0.29, 0.717) is 19.3 Å². The molecule has 0 saturated carbocycles. The van der Waals surface area contributed by atoms with Crippen molar-refractivity contribution in [1.82, 2.24) is 0 Å². The molecule has 0 aliphatic rings. The summed E-state index contributed by atoms with van der Waals surface area (Å²) in [7, 11) is 5.51. The number of likely N-dealkylation sites (N-methyl/N-ethyl adjacent to an activating group) is 1. The SMILES string of the molecule is CC/C=C/C/C=C/C/C=C/C/C=C/CCCCCCCCCCCC(=O)OC(COCCC(C(=O)O)[N+](C)(C)C)COC(=O)CCCCCCC/C=C/C/C=C/CC. The molecule has 8 heteroatoms. The molecule has 0 aliphatic heterocycles. The van der Waals surface area contributed by atoms with E-state index < -0.39 is 18.1 Å². The first-order chi connectivity index (χ1) is 28.1. The van der Waals surface area contributed by atoms with Gasteiger partial charge in [0.05, 0.1) is 34.4 Å². The highest BCUT2D eigenvalue weighted by molar-refractivity contribution is 5.72. The van der Waals surface area contributed by atoms with E-state index >= 15 is 0 Å². The fraction of sp³-hybridized carbons (Fsp3) is 0.700. The molecule has 0 aliphatic carbocycles. The molecule has 2 atom stereocenters. The van der Waals surface area contributed by atoms with Gasteiger partial charge in [-0.15, -0.1) is 0 Å². The molecule has 1 N–H and O–H groups in total. The number of hydrogen-bond acceptors (Lipinski definition) is 6. The maximum Gasteiger partial charge on any atom is 0.362 e. The van der Waals surface area contributed by atoms with E-state index in [4.69, 9.17) is 14.2 Å². The number of unbranched alkanes of at least 4 members (excludes halogenated alkanes) is 14. The largest absolute Gasteiger partial charge is 0.477 e. The van der Waals surface area contributed by atoms with Gasteiger partial charge in [-0.05, 0) is 77.0 Å². The van der Waals surface area contributed by atoms with E-state index in [1.807, 2.05) is 21.1 Å². The zero-order valence-electron chi connectivity index (χ0n) is 37.7. The summed E-state index contributed by atoms with van der Waals surface area (Å²) in [5.41, 5.74) is 0. The standard InChI is InChI=1S/C50H85NO7/c1-6-8-10-12-14-16-18-20-21-22-23-24-25-26-27-28-29-31-33-35-37-39-41-49(53)58-46(44-56-43-42-47(50(54)55)51(3,4)5)45-57-48(52)40-38-36-34-32-30-19-17-15-13-11-9-7-2/h8-11,14-17,20-21,23-24,46-47H,6-7,12-13,18-19,22,25-45H2,1-5H3/p+1/b10-8+,11-9+,16-14+,17-15+,21-20+,24-23+. The number of ether oxygens (including phenoxy) is 3. The number of carboxylic acid groups (broad SMARTS) is 1. The van der Waals surface area contributed by atoms with E-state index in [0.717, 1.165) is 103 Å². The smallest absolute Gasteiger partial charge is 0.362 e. The normalized spacial score (nSPS) is 13.6. The van der Waals surface area contributed by atoms with Crippen molar-refractivity contribution in [2.75, 3.05) is 41.0 Å². The van der Waals surface area contributed by atoms with Gasteiger partial charge in [-0.3, -0.25) is 9.59 Å². The lowest BCUT2D eigenvalue weighted by Gasteiger charge is -2.31. The van der Waals surface area contributed by atoms with Crippen LogP contribution in [0.15, 0.2) is 72.9 Å². The Morgan fingerprint density at radius 3 is 1.34 bits per heavy atom. The van der Waals surface area contributed by atoms with Crippen molar-refractivity contribution >= 4 is 17.9 Å². The van der Waals surface area contributed by atoms with Crippen LogP contribution in [-0.2, 0) is 28.6 Å². The number of esters is 2. The fourth-order valence-corrected chi connectivity index (χ4v) is 6.35. The van der Waals surface area contributed by atoms with E-state index in [9.17, 15) is 19.5 Å². The van der Waals surface area contributed by atoms with Gasteiger partial charge >= 0.3 is 17.9 Å². The molecule has 0 bridgehead atoms. The van der Waals surface area contributed by atoms with Gasteiger partial charge in [-0.2, -0.15) is 0 Å². The van der Waals surface area contributed by atoms with Crippen molar-refractivity contribution in [2.45, 2.75) is 187 Å². The number of carboxylic acids is 1. The summed E-state index contributed by atoms with van der Waals surface area (Å²) in [6, 6.07) is -0.620. The average molecular weight is 813 g/mol. The summed E-state index contributed by atoms with van der Waals surface area (Å²) < 4.78 is 17.3. The summed E-state index contributed by atoms with van der Waals surface area (Å²) in [5, 5.41) is 9.62. The quantitative estimate of drug-likeness (QED) is 0.0285. The predicted octanol–water partition coefficient (Wildman–Crippen LogP) is 12.7. The minimum atomic E-state index is -0.881. The van der Waals surface area contributed by atoms with Crippen LogP contribution in [0.1, 0.15) is 174 Å². The second-order valence-corrected chi connectivity index (χ2v) is 16.2. The Morgan fingerprint density at radius 1 is 0.517 bits per heavy atom. The molecule has 332 valence electrons. The van der Waals surface area contributed by atoms with Crippen molar-refractivity contribution in [3.8, 4) is 0 Å². The number of rotatable bonds is 40. The Balaban J connectivity index is 4.30. The maximum atomic E-state index is 12.7. The Kier molecular flexibility index (Phi) is 38.3. The van der Waals surface area contributed by atoms with Gasteiger partial charge in [-0.1, -0.05) is 151 Å². The molecule has 0 heterocycles. The monoisotopic (exact) mass is 813 g/mol. The second-order valence-electron chi connectivity index (χ2n) is 16.2. The first-order valence-corrected chi connectivity index (χ1v) is 23.0. The van der Waals surface area contributed by atoms with E-state index in [-0.39, 0.29) is 36.2 Å². The average Bonchev–Trinajstić information content (AvgIpc) is 3.18. The first-order valence-electron chi connectivity index (χ1n) is 23.0. The highest BCUT2D eigenvalue weighted by Crippen LogP contribution is 2.14. The summed E-state index contributed by atoms with van der Waals surface area (Å²) in [5.74, 6) is -1.50. The van der Waals surface area contributed by atoms with Gasteiger partial charge in [0.15, 0.2) is 12.1 Å². The topological polar surface area (TPSA) is 99.1 Å². The molecule has 0 aromatic rings. The number of hydrogen-bond donors (Lipinski definition) is 1. The molecule has 8 nitrogen and oxygen atoms in total. The molecule has 0 radical (unpaired) electrons. The van der Waals surface area contributed by atoms with Crippen LogP contribution in [0, 0.1) is 0 Å². The Morgan fingerprint density at radius 2 is 0.914 bits per heavy atom. The third-order valence-corrected chi connectivity index (χ3v) is 9.85. The van der Waals surface area contributed by atoms with Gasteiger partial charge in [0.2, 0.25) is 0 Å². The molecule has 0 aromatic heterocycles. The van der Waals surface area contributed by atoms with E-state index in [2.05, 4.69) is 86.8 Å². The van der Waals surface area contributed by atoms with E-state index in [1.54, 1.807) is 0 Å². The third kappa shape index (κ3) is 38.3. The number of aliphatic carboxylic acids is 1. The van der Waals surface area contributed by atoms with Crippen LogP contribution in [0.3, 0.4) is 0 Å². The Labute approximate surface area is 355 Å². The van der Waals surface area contributed by atoms with Gasteiger partial charge in [0.1, 0.15) is 6.61 Å². The molecular formula is C50H86NO7+. The molecular weight excluding hydrogens is 727 g/mol. The lowest BCUT2D eigenvalue weighted by molar-refractivity contribution is -0.887. The van der Waals surface area contributed by atoms with Crippen LogP contribution in [0.4, 0.5) is 0 Å². The maximum absolute atomic E-state index is 12.7. The lowest BCUT2D eigenvalue weighted by atomic mass is 10.1. The fourth-order valence-electron chi connectivity index (χ4n) is 6.35. The first kappa shape index (κ1) is 54.8. The Bertz CT molecular complexity index is 1180. The van der Waals surface area contributed by atoms with Gasteiger partial charge in [0, 0.05) is 19.3 Å². The highest BCUT2D eigenvalue weighted by Gasteiger charge is 2.31. The summed E-state index contributed by atoms with van der Waals surface area (Å²) >= 11 is 0. The van der Waals surface area contributed by atoms with Crippen molar-refractivity contribution in [3.63, 3.8) is 0 Å². The minimum absolute atomic E-state index is 0.0509. The molecule has 0 saturated heterocycles. The van der Waals surface area contributed by atoms with Crippen molar-refractivity contribution in [1.29, 1.82) is 0 Å². The molecule has 2 unspecified atom stereocenters. The van der Waals surface area contributed by atoms with Crippen LogP contribution in [0.25, 0.3) is 0 Å². The van der Waals surface area contributed by atoms with Gasteiger partial charge < -0.3 is 23.8 Å². The summed E-state index contributed by atoms with van der Waals surface area (Å²) in [6.45, 7) is 4.48. The zero-order chi connectivity index (χ0) is 42.8. The summed E-state index contributed by atoms with van der Waals surface area (Å²) in [4.78, 5) is 37.0. The van der Waals surface area contributed by atoms with Crippen LogP contribution < -0.4 is 0 Å². The van der Waals surface area contributed by atoms with Crippen molar-refractivity contribution in [2.24, 2.45) is 0 Å². The number of allylic oxidation sites excluding steroid dienone is 12. The number of quaternary nitrogens is 1. The molecule has 0 fully saturated rings. The Hall–Kier alpha value is -3.23. The molecule has 58 heavy (non-hydrogen) atoms. The minimum Gasteiger partial charge on any atom is -0.477 e. The number of nitrogens with zero attached hydrogens (tertiary/aromatic N) is 1. The van der Waals surface area contributed by atoms with Crippen LogP contribution >= 0.6 is 0 Å². The van der Waals surface area contributed by atoms with Gasteiger partial charge in [0.25, 0.3) is 0 Å². The zero-order valence-corrected chi connectivity index (χ0v) is 37.7. The molecule has 0 amide bonds. The predicted molar refractivity (Wildman–Crippen MR) is 243 cm³/mol. The van der Waals surface area contributed by atoms with Crippen LogP contribution in [0.2, 0.25) is 0 Å². The molecule has 0 rings (SSSR count). The molecule has 0 spiro atoms. The van der Waals surface area contributed by atoms with Crippen LogP contribution in [0.5, 0.6) is 0 Å². The third-order valence-electron chi connectivity index (χ3n) is 9.85. The van der Waals surface area contributed by atoms with Crippen molar-refractivity contribution < 1.29 is 38.2 Å². The molecule has 0 aromatic carbocycles. The number of carbonyl (C=O) groups is 3. The summed E-state index contributed by atoms with van der Waals surface area (Å²) in [6.07, 6.45) is 50.9. The second kappa shape index (κ2) is 40.5. The number of carbonyl (C=O) groups excluding carboxylic acids is 2. The van der Waals surface area contributed by atoms with Crippen LogP contribution in [-0.4, -0.2) is 80.6 Å². The highest BCUT2D eigenvalue weighted by atomic mass is 16.6. The lowest BCUT2D eigenvalue weighted by Crippen LogP contribution is -2.50. The van der Waals surface area contributed by atoms with Crippen molar-refractivity contribution in [3.05, 3.63) is 72.9 Å².